The van der Waals surface area contributed by atoms with E-state index in [1.54, 1.807) is 10.8 Å². The molecule has 2 amide bonds. The number of hydrogen-bond donors (Lipinski definition) is 0. The molecule has 0 saturated carbocycles. The van der Waals surface area contributed by atoms with E-state index in [1.165, 1.54) is 0 Å². The average Bonchev–Trinajstić information content (AvgIpc) is 3.34. The number of likely N-dealkylation sites (tertiary alicyclic amines) is 2. The maximum absolute atomic E-state index is 12.7. The van der Waals surface area contributed by atoms with Crippen molar-refractivity contribution in [3.05, 3.63) is 59.9 Å². The molecule has 0 aliphatic carbocycles. The minimum Gasteiger partial charge on any atom is -0.337 e. The Labute approximate surface area is 159 Å². The summed E-state index contributed by atoms with van der Waals surface area (Å²) >= 11 is 0. The molecule has 6 nitrogen and oxygen atoms in total. The van der Waals surface area contributed by atoms with Crippen LogP contribution in [0.3, 0.4) is 0 Å². The summed E-state index contributed by atoms with van der Waals surface area (Å²) in [6, 6.07) is 9.93. The van der Waals surface area contributed by atoms with Gasteiger partial charge in [0.15, 0.2) is 0 Å². The van der Waals surface area contributed by atoms with Crippen LogP contribution in [-0.2, 0) is 23.1 Å². The number of amides is 2. The zero-order valence-electron chi connectivity index (χ0n) is 15.5. The van der Waals surface area contributed by atoms with Crippen LogP contribution in [0.25, 0.3) is 6.08 Å². The third-order valence-corrected chi connectivity index (χ3v) is 5.52. The summed E-state index contributed by atoms with van der Waals surface area (Å²) in [5.41, 5.74) is 2.13. The molecule has 0 N–H and O–H groups in total. The van der Waals surface area contributed by atoms with Crippen LogP contribution in [0.15, 0.2) is 48.8 Å². The first-order valence-corrected chi connectivity index (χ1v) is 9.42. The van der Waals surface area contributed by atoms with Crippen molar-refractivity contribution in [2.45, 2.75) is 31.3 Å². The van der Waals surface area contributed by atoms with Gasteiger partial charge in [-0.05, 0) is 30.0 Å². The largest absolute Gasteiger partial charge is 0.337 e. The number of rotatable bonds is 5. The molecule has 0 radical (unpaired) electrons. The van der Waals surface area contributed by atoms with E-state index in [0.29, 0.717) is 19.5 Å². The monoisotopic (exact) mass is 364 g/mol. The second kappa shape index (κ2) is 7.39. The molecule has 2 fully saturated rings. The molecule has 0 spiro atoms. The molecule has 1 aromatic heterocycles. The Hall–Kier alpha value is -2.89. The zero-order chi connectivity index (χ0) is 18.8. The second-order valence-electron chi connectivity index (χ2n) is 7.26. The predicted octanol–water partition coefficient (Wildman–Crippen LogP) is 1.88. The number of aromatic nitrogens is 2. The molecule has 140 valence electrons. The first-order valence-electron chi connectivity index (χ1n) is 9.42. The zero-order valence-corrected chi connectivity index (χ0v) is 15.5. The van der Waals surface area contributed by atoms with Gasteiger partial charge in [0.1, 0.15) is 0 Å². The fourth-order valence-electron chi connectivity index (χ4n) is 4.17. The lowest BCUT2D eigenvalue weighted by molar-refractivity contribution is -0.129. The van der Waals surface area contributed by atoms with Crippen LogP contribution < -0.4 is 0 Å². The van der Waals surface area contributed by atoms with E-state index in [1.807, 2.05) is 65.6 Å². The summed E-state index contributed by atoms with van der Waals surface area (Å²) < 4.78 is 1.78. The molecule has 6 heteroatoms. The first-order chi connectivity index (χ1) is 13.1. The Morgan fingerprint density at radius 1 is 1.26 bits per heavy atom. The van der Waals surface area contributed by atoms with Crippen molar-refractivity contribution >= 4 is 17.9 Å². The third kappa shape index (κ3) is 3.65. The Morgan fingerprint density at radius 3 is 2.81 bits per heavy atom. The summed E-state index contributed by atoms with van der Waals surface area (Å²) in [5.74, 6) is 0.145. The first kappa shape index (κ1) is 17.5. The molecule has 2 aliphatic rings. The van der Waals surface area contributed by atoms with Gasteiger partial charge in [-0.2, -0.15) is 5.10 Å². The van der Waals surface area contributed by atoms with Gasteiger partial charge in [0, 0.05) is 38.8 Å². The molecular formula is C21H24N4O2. The van der Waals surface area contributed by atoms with Crippen molar-refractivity contribution in [2.24, 2.45) is 7.05 Å². The quantitative estimate of drug-likeness (QED) is 0.761. The van der Waals surface area contributed by atoms with Crippen molar-refractivity contribution in [3.8, 4) is 0 Å². The number of carbonyl (C=O) groups excluding carboxylic acids is 2. The van der Waals surface area contributed by atoms with E-state index in [-0.39, 0.29) is 23.9 Å². The third-order valence-electron chi connectivity index (χ3n) is 5.52. The summed E-state index contributed by atoms with van der Waals surface area (Å²) in [6.07, 6.45) is 9.38. The minimum absolute atomic E-state index is 0.000628. The van der Waals surface area contributed by atoms with Gasteiger partial charge in [0.05, 0.1) is 18.3 Å². The smallest absolute Gasteiger partial charge is 0.246 e. The molecule has 2 atom stereocenters. The van der Waals surface area contributed by atoms with Crippen LogP contribution in [0.1, 0.15) is 24.0 Å². The van der Waals surface area contributed by atoms with Crippen molar-refractivity contribution in [3.63, 3.8) is 0 Å². The van der Waals surface area contributed by atoms with Gasteiger partial charge in [-0.25, -0.2) is 0 Å². The molecule has 27 heavy (non-hydrogen) atoms. The lowest BCUT2D eigenvalue weighted by Crippen LogP contribution is -2.39. The molecule has 2 aromatic rings. The summed E-state index contributed by atoms with van der Waals surface area (Å²) in [5, 5.41) is 4.18. The molecular weight excluding hydrogens is 340 g/mol. The average molecular weight is 364 g/mol. The summed E-state index contributed by atoms with van der Waals surface area (Å²) in [7, 11) is 1.89. The van der Waals surface area contributed by atoms with Gasteiger partial charge in [-0.15, -0.1) is 0 Å². The van der Waals surface area contributed by atoms with E-state index < -0.39 is 0 Å². The van der Waals surface area contributed by atoms with E-state index in [2.05, 4.69) is 5.10 Å². The summed E-state index contributed by atoms with van der Waals surface area (Å²) in [6.45, 7) is 1.40. The van der Waals surface area contributed by atoms with Gasteiger partial charge in [-0.3, -0.25) is 14.3 Å². The molecule has 3 heterocycles. The number of benzene rings is 1. The highest BCUT2D eigenvalue weighted by Crippen LogP contribution is 2.32. The van der Waals surface area contributed by atoms with Gasteiger partial charge in [0.2, 0.25) is 11.8 Å². The van der Waals surface area contributed by atoms with E-state index in [9.17, 15) is 9.59 Å². The van der Waals surface area contributed by atoms with E-state index in [0.717, 1.165) is 24.0 Å². The van der Waals surface area contributed by atoms with Crippen LogP contribution >= 0.6 is 0 Å². The highest BCUT2D eigenvalue weighted by atomic mass is 16.2. The van der Waals surface area contributed by atoms with Gasteiger partial charge in [0.25, 0.3) is 0 Å². The predicted molar refractivity (Wildman–Crippen MR) is 103 cm³/mol. The SMILES string of the molecule is Cn1cc(CCN2C(=O)C[C@H]3[C@@H]2CCN3C(=O)C=Cc2ccccc2)cn1. The fourth-order valence-corrected chi connectivity index (χ4v) is 4.17. The lowest BCUT2D eigenvalue weighted by Gasteiger charge is -2.24. The topological polar surface area (TPSA) is 58.4 Å². The Kier molecular flexibility index (Phi) is 4.79. The van der Waals surface area contributed by atoms with Crippen LogP contribution in [0.4, 0.5) is 0 Å². The highest BCUT2D eigenvalue weighted by Gasteiger charge is 2.47. The molecule has 0 bridgehead atoms. The van der Waals surface area contributed by atoms with Crippen LogP contribution in [-0.4, -0.2) is 56.6 Å². The normalized spacial score (nSPS) is 22.0. The number of nitrogens with zero attached hydrogens (tertiary/aromatic N) is 4. The molecule has 4 rings (SSSR count). The second-order valence-corrected chi connectivity index (χ2v) is 7.26. The molecule has 1 aromatic carbocycles. The maximum atomic E-state index is 12.7. The number of hydrogen-bond acceptors (Lipinski definition) is 3. The van der Waals surface area contributed by atoms with Crippen LogP contribution in [0.5, 0.6) is 0 Å². The fraction of sp³-hybridized carbons (Fsp3) is 0.381. The maximum Gasteiger partial charge on any atom is 0.246 e. The van der Waals surface area contributed by atoms with Gasteiger partial charge >= 0.3 is 0 Å². The van der Waals surface area contributed by atoms with E-state index >= 15 is 0 Å². The molecule has 0 unspecified atom stereocenters. The highest BCUT2D eigenvalue weighted by molar-refractivity contribution is 5.93. The van der Waals surface area contributed by atoms with Crippen molar-refractivity contribution in [1.29, 1.82) is 0 Å². The molecule has 2 aliphatic heterocycles. The van der Waals surface area contributed by atoms with Crippen molar-refractivity contribution in [1.82, 2.24) is 19.6 Å². The Balaban J connectivity index is 1.39. The van der Waals surface area contributed by atoms with Crippen molar-refractivity contribution in [2.75, 3.05) is 13.1 Å². The van der Waals surface area contributed by atoms with Crippen LogP contribution in [0.2, 0.25) is 0 Å². The van der Waals surface area contributed by atoms with Gasteiger partial charge < -0.3 is 9.80 Å². The lowest BCUT2D eigenvalue weighted by atomic mass is 10.1. The van der Waals surface area contributed by atoms with Crippen molar-refractivity contribution < 1.29 is 9.59 Å². The standard InChI is InChI=1S/C21H24N4O2/c1-23-15-17(14-22-23)9-11-24-18-10-12-25(19(18)13-21(24)27)20(26)8-7-16-5-3-2-4-6-16/h2-8,14-15,18-19H,9-13H2,1H3/t18-,19-/m0/s1. The van der Waals surface area contributed by atoms with E-state index in [4.69, 9.17) is 0 Å². The summed E-state index contributed by atoms with van der Waals surface area (Å²) in [4.78, 5) is 29.0. The Morgan fingerprint density at radius 2 is 2.07 bits per heavy atom. The molecule has 2 saturated heterocycles. The minimum atomic E-state index is -0.00624. The number of fused-ring (bicyclic) bond motifs is 1. The number of carbonyl (C=O) groups is 2. The van der Waals surface area contributed by atoms with Gasteiger partial charge in [-0.1, -0.05) is 30.3 Å². The Bertz CT molecular complexity index is 858. The van der Waals surface area contributed by atoms with Crippen LogP contribution in [0, 0.1) is 0 Å². The number of aryl methyl sites for hydroxylation is 1.